The summed E-state index contributed by atoms with van der Waals surface area (Å²) in [5.41, 5.74) is 10.2. The molecule has 0 saturated carbocycles. The number of carbonyl (C=O) groups is 2. The molecule has 0 aromatic carbocycles. The Kier molecular flexibility index (Phi) is 6.25. The van der Waals surface area contributed by atoms with Crippen molar-refractivity contribution in [3.63, 3.8) is 0 Å². The molecule has 7 heteroatoms. The van der Waals surface area contributed by atoms with E-state index < -0.39 is 5.41 Å². The number of hydrogen-bond acceptors (Lipinski definition) is 2. The summed E-state index contributed by atoms with van der Waals surface area (Å²) in [4.78, 5) is 40.7. The van der Waals surface area contributed by atoms with Crippen LogP contribution in [0, 0.1) is 0 Å². The van der Waals surface area contributed by atoms with Crippen molar-refractivity contribution in [2.75, 3.05) is 0 Å². The normalized spacial score (nSPS) is 19.2. The lowest BCUT2D eigenvalue weighted by Gasteiger charge is -2.28. The molecule has 5 aromatic rings. The monoisotopic (exact) mass is 613 g/mol. The van der Waals surface area contributed by atoms with E-state index in [1.54, 1.807) is 6.20 Å². The van der Waals surface area contributed by atoms with Crippen molar-refractivity contribution in [3.05, 3.63) is 129 Å². The highest BCUT2D eigenvalue weighted by atomic mass is 16.1. The zero-order valence-electron chi connectivity index (χ0n) is 28.2. The number of allylic oxidation sites excluding steroid dienone is 2. The number of fused-ring (bicyclic) bond motifs is 9. The lowest BCUT2D eigenvalue weighted by molar-refractivity contribution is 0.0995. The first kappa shape index (κ1) is 29.9. The highest BCUT2D eigenvalue weighted by Crippen LogP contribution is 2.42. The standard InChI is InChI=1S/C39H43N5O2/c1-36(2)27-14-15-28(40-27)37(3,4)30-18-19-32(42-30)39(7,8)35-22(20-33(43-35)38(5,6)31-17-16-29(36)41-31)10-11-24-34-23(21-44(24)9)25(45)12-13-26(34)46/h10-21,40-43H,1-9H3/b11-10+. The van der Waals surface area contributed by atoms with Gasteiger partial charge in [-0.3, -0.25) is 9.59 Å². The van der Waals surface area contributed by atoms with Gasteiger partial charge in [0, 0.05) is 80.5 Å². The molecular formula is C39H43N5O2. The molecule has 1 aliphatic heterocycles. The summed E-state index contributed by atoms with van der Waals surface area (Å²) < 4.78 is 1.86. The van der Waals surface area contributed by atoms with Gasteiger partial charge in [0.05, 0.1) is 16.8 Å². The predicted molar refractivity (Wildman–Crippen MR) is 184 cm³/mol. The van der Waals surface area contributed by atoms with Crippen molar-refractivity contribution in [1.29, 1.82) is 0 Å². The molecule has 0 fully saturated rings. The van der Waals surface area contributed by atoms with Gasteiger partial charge >= 0.3 is 0 Å². The fraction of sp³-hybridized carbons (Fsp3) is 0.333. The molecular weight excluding hydrogens is 570 g/mol. The molecule has 0 amide bonds. The van der Waals surface area contributed by atoms with Crippen LogP contribution in [-0.4, -0.2) is 36.1 Å². The van der Waals surface area contributed by atoms with Crippen LogP contribution in [0.1, 0.15) is 133 Å². The Morgan fingerprint density at radius 2 is 1.00 bits per heavy atom. The fourth-order valence-electron chi connectivity index (χ4n) is 7.18. The van der Waals surface area contributed by atoms with Crippen molar-refractivity contribution in [2.45, 2.75) is 77.0 Å². The Bertz CT molecular complexity index is 2110. The maximum absolute atomic E-state index is 12.9. The molecule has 8 bridgehead atoms. The molecule has 0 saturated heterocycles. The number of hydrogen-bond donors (Lipinski definition) is 4. The molecule has 2 aliphatic rings. The van der Waals surface area contributed by atoms with E-state index >= 15 is 0 Å². The maximum atomic E-state index is 12.9. The Morgan fingerprint density at radius 1 is 0.565 bits per heavy atom. The Morgan fingerprint density at radius 3 is 1.50 bits per heavy atom. The zero-order valence-corrected chi connectivity index (χ0v) is 28.2. The topological polar surface area (TPSA) is 102 Å². The predicted octanol–water partition coefficient (Wildman–Crippen LogP) is 8.06. The highest BCUT2D eigenvalue weighted by Gasteiger charge is 2.37. The Balaban J connectivity index is 1.43. The lowest BCUT2D eigenvalue weighted by Crippen LogP contribution is -2.26. The molecule has 0 atom stereocenters. The fourth-order valence-corrected chi connectivity index (χ4v) is 7.18. The molecule has 5 aromatic heterocycles. The van der Waals surface area contributed by atoms with Gasteiger partial charge < -0.3 is 24.5 Å². The number of aromatic amines is 4. The molecule has 46 heavy (non-hydrogen) atoms. The van der Waals surface area contributed by atoms with Crippen LogP contribution in [0.5, 0.6) is 0 Å². The summed E-state index contributed by atoms with van der Waals surface area (Å²) in [6.45, 7) is 17.9. The second-order valence-corrected chi connectivity index (χ2v) is 15.2. The van der Waals surface area contributed by atoms with Gasteiger partial charge in [0.1, 0.15) is 0 Å². The quantitative estimate of drug-likeness (QED) is 0.162. The summed E-state index contributed by atoms with van der Waals surface area (Å²) in [5.74, 6) is -0.291. The van der Waals surface area contributed by atoms with Crippen LogP contribution in [0.4, 0.5) is 0 Å². The molecule has 7 rings (SSSR count). The van der Waals surface area contributed by atoms with E-state index in [0.717, 1.165) is 51.1 Å². The van der Waals surface area contributed by atoms with E-state index in [9.17, 15) is 9.59 Å². The van der Waals surface area contributed by atoms with Crippen molar-refractivity contribution < 1.29 is 9.59 Å². The number of nitrogens with zero attached hydrogens (tertiary/aromatic N) is 1. The largest absolute Gasteiger partial charge is 0.361 e. The third-order valence-corrected chi connectivity index (χ3v) is 10.8. The summed E-state index contributed by atoms with van der Waals surface area (Å²) in [6.07, 6.45) is 8.51. The molecule has 236 valence electrons. The number of rotatable bonds is 2. The van der Waals surface area contributed by atoms with Crippen LogP contribution in [-0.2, 0) is 28.7 Å². The lowest BCUT2D eigenvalue weighted by atomic mass is 9.83. The number of carbonyl (C=O) groups excluding carboxylic acids is 2. The highest BCUT2D eigenvalue weighted by molar-refractivity contribution is 6.23. The molecule has 1 aliphatic carbocycles. The van der Waals surface area contributed by atoms with Gasteiger partial charge in [-0.25, -0.2) is 0 Å². The van der Waals surface area contributed by atoms with Gasteiger partial charge in [-0.15, -0.1) is 0 Å². The van der Waals surface area contributed by atoms with Gasteiger partial charge in [0.15, 0.2) is 11.6 Å². The minimum atomic E-state index is -0.425. The van der Waals surface area contributed by atoms with E-state index in [1.807, 2.05) is 17.7 Å². The van der Waals surface area contributed by atoms with Crippen LogP contribution in [0.2, 0.25) is 0 Å². The third kappa shape index (κ3) is 4.24. The van der Waals surface area contributed by atoms with Crippen LogP contribution in [0.3, 0.4) is 0 Å². The molecule has 7 nitrogen and oxygen atoms in total. The second kappa shape index (κ2) is 9.61. The smallest absolute Gasteiger partial charge is 0.188 e. The van der Waals surface area contributed by atoms with Gasteiger partial charge in [-0.05, 0) is 122 Å². The molecule has 4 N–H and O–H groups in total. The Hall–Kier alpha value is -4.78. The second-order valence-electron chi connectivity index (χ2n) is 15.2. The van der Waals surface area contributed by atoms with E-state index in [2.05, 4.69) is 124 Å². The summed E-state index contributed by atoms with van der Waals surface area (Å²) in [6, 6.07) is 15.5. The first-order chi connectivity index (χ1) is 21.5. The van der Waals surface area contributed by atoms with Crippen molar-refractivity contribution >= 4 is 23.7 Å². The van der Waals surface area contributed by atoms with Crippen LogP contribution < -0.4 is 0 Å². The van der Waals surface area contributed by atoms with Gasteiger partial charge in [-0.1, -0.05) is 6.08 Å². The zero-order chi connectivity index (χ0) is 33.0. The number of nitrogens with one attached hydrogen (secondary N) is 4. The minimum Gasteiger partial charge on any atom is -0.361 e. The molecule has 0 radical (unpaired) electrons. The van der Waals surface area contributed by atoms with Crippen LogP contribution >= 0.6 is 0 Å². The minimum absolute atomic E-state index is 0.143. The summed E-state index contributed by atoms with van der Waals surface area (Å²) in [7, 11) is 1.88. The SMILES string of the molecule is Cn1cc2c(c1/C=C/c1cc3[nH]c1C(C)(C)c1ccc([nH]1)C(C)(C)c1ccc([nH]1)C(C)(C)c1ccc([nH]1)C3(C)C)C(=O)C=CC2=O. The summed E-state index contributed by atoms with van der Waals surface area (Å²) >= 11 is 0. The van der Waals surface area contributed by atoms with Gasteiger partial charge in [0.2, 0.25) is 0 Å². The van der Waals surface area contributed by atoms with Gasteiger partial charge in [-0.2, -0.15) is 0 Å². The number of aromatic nitrogens is 5. The number of ketones is 2. The third-order valence-electron chi connectivity index (χ3n) is 10.8. The molecule has 6 heterocycles. The first-order valence-electron chi connectivity index (χ1n) is 16.0. The van der Waals surface area contributed by atoms with E-state index in [4.69, 9.17) is 0 Å². The average Bonchev–Trinajstić information content (AvgIpc) is 3.82. The average molecular weight is 614 g/mol. The van der Waals surface area contributed by atoms with Crippen LogP contribution in [0.25, 0.3) is 12.2 Å². The van der Waals surface area contributed by atoms with E-state index in [0.29, 0.717) is 16.8 Å². The maximum Gasteiger partial charge on any atom is 0.188 e. The molecule has 0 unspecified atom stereocenters. The van der Waals surface area contributed by atoms with E-state index in [-0.39, 0.29) is 27.8 Å². The van der Waals surface area contributed by atoms with Crippen LogP contribution in [0.15, 0.2) is 60.8 Å². The van der Waals surface area contributed by atoms with Crippen molar-refractivity contribution in [3.8, 4) is 0 Å². The number of H-pyrrole nitrogens is 4. The van der Waals surface area contributed by atoms with Crippen molar-refractivity contribution in [1.82, 2.24) is 24.5 Å². The van der Waals surface area contributed by atoms with E-state index in [1.165, 1.54) is 12.2 Å². The Labute approximate surface area is 270 Å². The van der Waals surface area contributed by atoms with Crippen molar-refractivity contribution in [2.24, 2.45) is 7.05 Å². The summed E-state index contributed by atoms with van der Waals surface area (Å²) in [5, 5.41) is 0. The molecule has 0 spiro atoms. The van der Waals surface area contributed by atoms with Gasteiger partial charge in [0.25, 0.3) is 0 Å². The number of aryl methyl sites for hydroxylation is 1. The first-order valence-corrected chi connectivity index (χ1v) is 16.0.